The van der Waals surface area contributed by atoms with Gasteiger partial charge in [0.05, 0.1) is 16.8 Å². The first-order valence-electron chi connectivity index (χ1n) is 7.16. The Morgan fingerprint density at radius 2 is 1.74 bits per heavy atom. The van der Waals surface area contributed by atoms with Crippen LogP contribution in [0, 0.1) is 0 Å². The molecule has 0 unspecified atom stereocenters. The number of carbonyl (C=O) groups excluding carboxylic acids is 2. The maximum absolute atomic E-state index is 12.6. The molecule has 2 aromatic carbocycles. The summed E-state index contributed by atoms with van der Waals surface area (Å²) in [7, 11) is 0. The zero-order valence-electron chi connectivity index (χ0n) is 12.5. The Balaban J connectivity index is 1.96. The van der Waals surface area contributed by atoms with Crippen LogP contribution in [0.25, 0.3) is 6.08 Å². The molecule has 5 heteroatoms. The number of hydrogen-bond donors (Lipinski definition) is 1. The minimum atomic E-state index is -0.372. The Morgan fingerprint density at radius 3 is 2.39 bits per heavy atom. The lowest BCUT2D eigenvalue weighted by Gasteiger charge is -2.13. The fourth-order valence-corrected chi connectivity index (χ4v) is 2.61. The highest BCUT2D eigenvalue weighted by atomic mass is 17.1. The lowest BCUT2D eigenvalue weighted by Crippen LogP contribution is -2.29. The van der Waals surface area contributed by atoms with E-state index in [1.165, 1.54) is 0 Å². The van der Waals surface area contributed by atoms with E-state index in [1.807, 2.05) is 31.2 Å². The molecule has 0 bridgehead atoms. The van der Waals surface area contributed by atoms with Crippen molar-refractivity contribution < 1.29 is 19.7 Å². The third-order valence-electron chi connectivity index (χ3n) is 3.69. The van der Waals surface area contributed by atoms with Crippen LogP contribution in [0.3, 0.4) is 0 Å². The molecular weight excluding hydrogens is 294 g/mol. The molecule has 3 rings (SSSR count). The minimum absolute atomic E-state index is 0.0349. The number of hydrogen-bond acceptors (Lipinski definition) is 4. The lowest BCUT2D eigenvalue weighted by molar-refractivity contribution is -0.253. The molecule has 1 heterocycles. The van der Waals surface area contributed by atoms with E-state index in [2.05, 4.69) is 4.89 Å². The van der Waals surface area contributed by atoms with Gasteiger partial charge in [0, 0.05) is 0 Å². The standard InChI is InChI=1S/C18H15NO4/c1-2-3-12-4-7-14(8-5-12)19-17(20)15-9-6-13(11-23-22)10-16(15)18(19)21/h2-10,22H,11H2,1H3/b3-2+. The van der Waals surface area contributed by atoms with Gasteiger partial charge in [-0.15, -0.1) is 0 Å². The average Bonchev–Trinajstić information content (AvgIpc) is 2.80. The van der Waals surface area contributed by atoms with Crippen LogP contribution in [-0.4, -0.2) is 17.1 Å². The quantitative estimate of drug-likeness (QED) is 0.533. The smallest absolute Gasteiger partial charge is 0.266 e. The summed E-state index contributed by atoms with van der Waals surface area (Å²) in [5, 5.41) is 8.52. The molecule has 0 saturated heterocycles. The molecule has 0 radical (unpaired) electrons. The highest BCUT2D eigenvalue weighted by Crippen LogP contribution is 2.29. The van der Waals surface area contributed by atoms with Crippen LogP contribution in [-0.2, 0) is 11.5 Å². The van der Waals surface area contributed by atoms with Gasteiger partial charge in [-0.05, 0) is 42.3 Å². The molecule has 5 nitrogen and oxygen atoms in total. The van der Waals surface area contributed by atoms with E-state index in [-0.39, 0.29) is 18.4 Å². The van der Waals surface area contributed by atoms with Crippen molar-refractivity contribution in [3.05, 3.63) is 70.8 Å². The van der Waals surface area contributed by atoms with Gasteiger partial charge in [-0.1, -0.05) is 30.4 Å². The van der Waals surface area contributed by atoms with E-state index in [0.29, 0.717) is 22.4 Å². The van der Waals surface area contributed by atoms with Crippen molar-refractivity contribution in [1.29, 1.82) is 0 Å². The molecule has 0 aliphatic carbocycles. The molecule has 1 aliphatic rings. The van der Waals surface area contributed by atoms with Crippen molar-refractivity contribution in [2.45, 2.75) is 13.5 Å². The predicted octanol–water partition coefficient (Wildman–Crippen LogP) is 3.51. The second-order valence-corrected chi connectivity index (χ2v) is 5.19. The third-order valence-corrected chi connectivity index (χ3v) is 3.69. The Bertz CT molecular complexity index is 793. The molecule has 2 aromatic rings. The Kier molecular flexibility index (Phi) is 4.06. The molecule has 2 amide bonds. The molecular formula is C18H15NO4. The van der Waals surface area contributed by atoms with E-state index < -0.39 is 0 Å². The number of nitrogens with zero attached hydrogens (tertiary/aromatic N) is 1. The number of allylic oxidation sites excluding steroid dienone is 1. The van der Waals surface area contributed by atoms with Gasteiger partial charge in [-0.3, -0.25) is 14.8 Å². The van der Waals surface area contributed by atoms with Gasteiger partial charge in [0.2, 0.25) is 0 Å². The molecule has 1 aliphatic heterocycles. The second kappa shape index (κ2) is 6.16. The van der Waals surface area contributed by atoms with Crippen LogP contribution >= 0.6 is 0 Å². The van der Waals surface area contributed by atoms with E-state index in [4.69, 9.17) is 5.26 Å². The zero-order chi connectivity index (χ0) is 16.4. The summed E-state index contributed by atoms with van der Waals surface area (Å²) in [5.74, 6) is -0.719. The maximum atomic E-state index is 12.6. The summed E-state index contributed by atoms with van der Waals surface area (Å²) >= 11 is 0. The van der Waals surface area contributed by atoms with Gasteiger partial charge < -0.3 is 0 Å². The van der Waals surface area contributed by atoms with Crippen LogP contribution in [0.15, 0.2) is 48.5 Å². The predicted molar refractivity (Wildman–Crippen MR) is 86.1 cm³/mol. The Hall–Kier alpha value is -2.76. The molecule has 23 heavy (non-hydrogen) atoms. The number of benzene rings is 2. The topological polar surface area (TPSA) is 66.8 Å². The van der Waals surface area contributed by atoms with Crippen LogP contribution < -0.4 is 4.90 Å². The first-order valence-corrected chi connectivity index (χ1v) is 7.16. The van der Waals surface area contributed by atoms with Gasteiger partial charge >= 0.3 is 0 Å². The highest BCUT2D eigenvalue weighted by Gasteiger charge is 2.36. The van der Waals surface area contributed by atoms with E-state index in [9.17, 15) is 9.59 Å². The molecule has 1 N–H and O–H groups in total. The number of anilines is 1. The van der Waals surface area contributed by atoms with Crippen LogP contribution in [0.5, 0.6) is 0 Å². The summed E-state index contributed by atoms with van der Waals surface area (Å²) in [5.41, 5.74) is 2.83. The Morgan fingerprint density at radius 1 is 1.04 bits per heavy atom. The van der Waals surface area contributed by atoms with Gasteiger partial charge in [-0.25, -0.2) is 9.79 Å². The SMILES string of the molecule is C/C=C/c1ccc(N2C(=O)c3ccc(COO)cc3C2=O)cc1. The van der Waals surface area contributed by atoms with Crippen LogP contribution in [0.4, 0.5) is 5.69 Å². The van der Waals surface area contributed by atoms with Crippen molar-refractivity contribution in [2.75, 3.05) is 4.90 Å². The first kappa shape index (κ1) is 15.1. The molecule has 116 valence electrons. The molecule has 0 aromatic heterocycles. The van der Waals surface area contributed by atoms with Crippen LogP contribution in [0.2, 0.25) is 0 Å². The van der Waals surface area contributed by atoms with Crippen LogP contribution in [0.1, 0.15) is 38.8 Å². The highest BCUT2D eigenvalue weighted by molar-refractivity contribution is 6.34. The van der Waals surface area contributed by atoms with Crippen molar-refractivity contribution in [3.63, 3.8) is 0 Å². The largest absolute Gasteiger partial charge is 0.268 e. The lowest BCUT2D eigenvalue weighted by atomic mass is 10.1. The third kappa shape index (κ3) is 2.67. The number of amides is 2. The number of rotatable bonds is 4. The monoisotopic (exact) mass is 309 g/mol. The summed E-state index contributed by atoms with van der Waals surface area (Å²) in [4.78, 5) is 30.3. The zero-order valence-corrected chi connectivity index (χ0v) is 12.5. The normalized spacial score (nSPS) is 13.9. The molecule has 0 fully saturated rings. The van der Waals surface area contributed by atoms with Gasteiger partial charge in [0.15, 0.2) is 0 Å². The summed E-state index contributed by atoms with van der Waals surface area (Å²) in [6.45, 7) is 1.89. The summed E-state index contributed by atoms with van der Waals surface area (Å²) < 4.78 is 0. The maximum Gasteiger partial charge on any atom is 0.266 e. The van der Waals surface area contributed by atoms with E-state index in [0.717, 1.165) is 10.5 Å². The molecule has 0 spiro atoms. The second-order valence-electron chi connectivity index (χ2n) is 5.19. The van der Waals surface area contributed by atoms with Gasteiger partial charge in [0.1, 0.15) is 6.61 Å². The van der Waals surface area contributed by atoms with Crippen molar-refractivity contribution >= 4 is 23.6 Å². The summed E-state index contributed by atoms with van der Waals surface area (Å²) in [6.07, 6.45) is 3.86. The van der Waals surface area contributed by atoms with Crippen molar-refractivity contribution in [2.24, 2.45) is 0 Å². The number of fused-ring (bicyclic) bond motifs is 1. The molecule has 0 atom stereocenters. The first-order chi connectivity index (χ1) is 11.2. The van der Waals surface area contributed by atoms with Crippen molar-refractivity contribution in [1.82, 2.24) is 0 Å². The number of carbonyl (C=O) groups is 2. The van der Waals surface area contributed by atoms with Crippen molar-refractivity contribution in [3.8, 4) is 0 Å². The Labute approximate surface area is 133 Å². The van der Waals surface area contributed by atoms with E-state index >= 15 is 0 Å². The number of imide groups is 1. The van der Waals surface area contributed by atoms with E-state index in [1.54, 1.807) is 30.3 Å². The molecule has 0 saturated carbocycles. The van der Waals surface area contributed by atoms with Gasteiger partial charge in [0.25, 0.3) is 11.8 Å². The minimum Gasteiger partial charge on any atom is -0.268 e. The fourth-order valence-electron chi connectivity index (χ4n) is 2.61. The van der Waals surface area contributed by atoms with Gasteiger partial charge in [-0.2, -0.15) is 0 Å². The summed E-state index contributed by atoms with van der Waals surface area (Å²) in [6, 6.07) is 12.0. The average molecular weight is 309 g/mol. The fraction of sp³-hybridized carbons (Fsp3) is 0.111.